The maximum Gasteiger partial charge on any atom is 0.0794 e. The monoisotopic (exact) mass is 231 g/mol. The van der Waals surface area contributed by atoms with Crippen molar-refractivity contribution in [1.29, 1.82) is 0 Å². The Morgan fingerprint density at radius 2 is 2.07 bits per heavy atom. The molecule has 0 aromatic heterocycles. The summed E-state index contributed by atoms with van der Waals surface area (Å²) in [6.45, 7) is 2.21. The van der Waals surface area contributed by atoms with Crippen LogP contribution in [0.3, 0.4) is 0 Å². The SMILES string of the molecule is OC1CN(Cc2cccc(Cl)c2Cl)C1. The van der Waals surface area contributed by atoms with Crippen LogP contribution in [0.15, 0.2) is 18.2 Å². The van der Waals surface area contributed by atoms with E-state index in [-0.39, 0.29) is 6.10 Å². The lowest BCUT2D eigenvalue weighted by Gasteiger charge is -2.36. The molecule has 1 N–H and O–H groups in total. The zero-order valence-corrected chi connectivity index (χ0v) is 9.09. The van der Waals surface area contributed by atoms with Crippen molar-refractivity contribution in [3.63, 3.8) is 0 Å². The van der Waals surface area contributed by atoms with Gasteiger partial charge in [-0.2, -0.15) is 0 Å². The molecule has 1 aliphatic rings. The number of halogens is 2. The lowest BCUT2D eigenvalue weighted by molar-refractivity contribution is -0.00284. The van der Waals surface area contributed by atoms with E-state index in [1.54, 1.807) is 6.07 Å². The number of aliphatic hydroxyl groups is 1. The van der Waals surface area contributed by atoms with Crippen molar-refractivity contribution in [2.75, 3.05) is 13.1 Å². The van der Waals surface area contributed by atoms with Crippen LogP contribution in [0, 0.1) is 0 Å². The van der Waals surface area contributed by atoms with Gasteiger partial charge in [0.1, 0.15) is 0 Å². The molecule has 0 unspecified atom stereocenters. The second kappa shape index (κ2) is 4.07. The standard InChI is InChI=1S/C10H11Cl2NO/c11-9-3-1-2-7(10(9)12)4-13-5-8(14)6-13/h1-3,8,14H,4-6H2. The number of aliphatic hydroxyl groups excluding tert-OH is 1. The summed E-state index contributed by atoms with van der Waals surface area (Å²) in [5.41, 5.74) is 1.02. The third kappa shape index (κ3) is 2.04. The van der Waals surface area contributed by atoms with Crippen molar-refractivity contribution in [1.82, 2.24) is 4.90 Å². The zero-order valence-electron chi connectivity index (χ0n) is 7.58. The van der Waals surface area contributed by atoms with Crippen molar-refractivity contribution in [3.8, 4) is 0 Å². The first-order chi connectivity index (χ1) is 6.66. The lowest BCUT2D eigenvalue weighted by Crippen LogP contribution is -2.49. The first-order valence-corrected chi connectivity index (χ1v) is 5.25. The Labute approximate surface area is 93.0 Å². The van der Waals surface area contributed by atoms with Crippen molar-refractivity contribution in [3.05, 3.63) is 33.8 Å². The van der Waals surface area contributed by atoms with Gasteiger partial charge in [0.25, 0.3) is 0 Å². The molecule has 1 aromatic carbocycles. The molecular weight excluding hydrogens is 221 g/mol. The number of nitrogens with zero attached hydrogens (tertiary/aromatic N) is 1. The average Bonchev–Trinajstić information content (AvgIpc) is 2.10. The molecule has 0 saturated carbocycles. The number of β-amino-alcohol motifs (C(OH)–C–C–N with tert-alkyl or cyclic N) is 1. The number of benzene rings is 1. The van der Waals surface area contributed by atoms with Gasteiger partial charge in [0.15, 0.2) is 0 Å². The molecule has 1 aromatic rings. The minimum atomic E-state index is -0.173. The third-order valence-electron chi connectivity index (χ3n) is 2.36. The molecule has 14 heavy (non-hydrogen) atoms. The van der Waals surface area contributed by atoms with Gasteiger partial charge >= 0.3 is 0 Å². The Bertz CT molecular complexity index is 337. The molecule has 1 fully saturated rings. The predicted octanol–water partition coefficient (Wildman–Crippen LogP) is 2.17. The predicted molar refractivity (Wildman–Crippen MR) is 57.7 cm³/mol. The number of likely N-dealkylation sites (tertiary alicyclic amines) is 1. The van der Waals surface area contributed by atoms with Gasteiger partial charge in [0.2, 0.25) is 0 Å². The Hall–Kier alpha value is -0.280. The summed E-state index contributed by atoms with van der Waals surface area (Å²) in [7, 11) is 0. The summed E-state index contributed by atoms with van der Waals surface area (Å²) in [6.07, 6.45) is -0.173. The van der Waals surface area contributed by atoms with Gasteiger partial charge in [0, 0.05) is 19.6 Å². The highest BCUT2D eigenvalue weighted by molar-refractivity contribution is 6.42. The van der Waals surface area contributed by atoms with E-state index in [2.05, 4.69) is 4.90 Å². The van der Waals surface area contributed by atoms with Gasteiger partial charge in [-0.15, -0.1) is 0 Å². The molecule has 0 atom stereocenters. The van der Waals surface area contributed by atoms with E-state index < -0.39 is 0 Å². The number of rotatable bonds is 2. The highest BCUT2D eigenvalue weighted by atomic mass is 35.5. The summed E-state index contributed by atoms with van der Waals surface area (Å²) in [5.74, 6) is 0. The highest BCUT2D eigenvalue weighted by Crippen LogP contribution is 2.27. The first-order valence-electron chi connectivity index (χ1n) is 4.50. The molecule has 2 rings (SSSR count). The minimum Gasteiger partial charge on any atom is -0.390 e. The Balaban J connectivity index is 2.06. The molecule has 1 saturated heterocycles. The number of hydrogen-bond donors (Lipinski definition) is 1. The summed E-state index contributed by atoms with van der Waals surface area (Å²) in [4.78, 5) is 2.13. The lowest BCUT2D eigenvalue weighted by atomic mass is 10.1. The second-order valence-electron chi connectivity index (χ2n) is 3.56. The topological polar surface area (TPSA) is 23.5 Å². The fourth-order valence-corrected chi connectivity index (χ4v) is 1.96. The third-order valence-corrected chi connectivity index (χ3v) is 3.22. The molecular formula is C10H11Cl2NO. The van der Waals surface area contributed by atoms with Gasteiger partial charge in [-0.25, -0.2) is 0 Å². The van der Waals surface area contributed by atoms with E-state index in [1.165, 1.54) is 0 Å². The molecule has 0 spiro atoms. The van der Waals surface area contributed by atoms with E-state index in [4.69, 9.17) is 28.3 Å². The number of hydrogen-bond acceptors (Lipinski definition) is 2. The largest absolute Gasteiger partial charge is 0.390 e. The average molecular weight is 232 g/mol. The van der Waals surface area contributed by atoms with E-state index in [0.29, 0.717) is 10.0 Å². The quantitative estimate of drug-likeness (QED) is 0.844. The maximum absolute atomic E-state index is 9.12. The molecule has 1 aliphatic heterocycles. The second-order valence-corrected chi connectivity index (χ2v) is 4.35. The smallest absolute Gasteiger partial charge is 0.0794 e. The van der Waals surface area contributed by atoms with Crippen LogP contribution in [-0.2, 0) is 6.54 Å². The maximum atomic E-state index is 9.12. The Morgan fingerprint density at radius 3 is 2.71 bits per heavy atom. The van der Waals surface area contributed by atoms with Crippen molar-refractivity contribution in [2.24, 2.45) is 0 Å². The molecule has 0 amide bonds. The van der Waals surface area contributed by atoms with Crippen molar-refractivity contribution >= 4 is 23.2 Å². The van der Waals surface area contributed by atoms with E-state index >= 15 is 0 Å². The summed E-state index contributed by atoms with van der Waals surface area (Å²) in [5, 5.41) is 10.3. The summed E-state index contributed by atoms with van der Waals surface area (Å²) < 4.78 is 0. The molecule has 0 aliphatic carbocycles. The van der Waals surface area contributed by atoms with Crippen molar-refractivity contribution < 1.29 is 5.11 Å². The Morgan fingerprint density at radius 1 is 1.36 bits per heavy atom. The minimum absolute atomic E-state index is 0.173. The van der Waals surface area contributed by atoms with Gasteiger partial charge in [0.05, 0.1) is 16.1 Å². The van der Waals surface area contributed by atoms with Crippen LogP contribution in [0.25, 0.3) is 0 Å². The van der Waals surface area contributed by atoms with Crippen LogP contribution in [0.5, 0.6) is 0 Å². The Kier molecular flexibility index (Phi) is 2.98. The van der Waals surface area contributed by atoms with Crippen LogP contribution in [0.4, 0.5) is 0 Å². The summed E-state index contributed by atoms with van der Waals surface area (Å²) >= 11 is 11.9. The van der Waals surface area contributed by atoms with Gasteiger partial charge in [-0.1, -0.05) is 35.3 Å². The molecule has 1 heterocycles. The van der Waals surface area contributed by atoms with E-state index in [0.717, 1.165) is 25.2 Å². The van der Waals surface area contributed by atoms with Gasteiger partial charge < -0.3 is 5.11 Å². The van der Waals surface area contributed by atoms with Gasteiger partial charge in [-0.05, 0) is 11.6 Å². The molecule has 76 valence electrons. The fourth-order valence-electron chi connectivity index (χ4n) is 1.58. The fraction of sp³-hybridized carbons (Fsp3) is 0.400. The van der Waals surface area contributed by atoms with Gasteiger partial charge in [-0.3, -0.25) is 4.90 Å². The van der Waals surface area contributed by atoms with Crippen LogP contribution < -0.4 is 0 Å². The summed E-state index contributed by atoms with van der Waals surface area (Å²) in [6, 6.07) is 5.62. The van der Waals surface area contributed by atoms with Crippen LogP contribution in [0.1, 0.15) is 5.56 Å². The molecule has 4 heteroatoms. The van der Waals surface area contributed by atoms with E-state index in [1.807, 2.05) is 12.1 Å². The van der Waals surface area contributed by atoms with E-state index in [9.17, 15) is 0 Å². The molecule has 0 bridgehead atoms. The normalized spacial score (nSPS) is 18.2. The first kappa shape index (κ1) is 10.2. The highest BCUT2D eigenvalue weighted by Gasteiger charge is 2.24. The van der Waals surface area contributed by atoms with Crippen LogP contribution >= 0.6 is 23.2 Å². The molecule has 2 nitrogen and oxygen atoms in total. The zero-order chi connectivity index (χ0) is 10.1. The van der Waals surface area contributed by atoms with Crippen LogP contribution in [-0.4, -0.2) is 29.2 Å². The van der Waals surface area contributed by atoms with Crippen molar-refractivity contribution in [2.45, 2.75) is 12.6 Å². The van der Waals surface area contributed by atoms with Crippen LogP contribution in [0.2, 0.25) is 10.0 Å². The molecule has 0 radical (unpaired) electrons.